The van der Waals surface area contributed by atoms with E-state index in [4.69, 9.17) is 4.74 Å². The Kier molecular flexibility index (Phi) is 5.06. The highest BCUT2D eigenvalue weighted by Crippen LogP contribution is 2.36. The van der Waals surface area contributed by atoms with Gasteiger partial charge >= 0.3 is 0 Å². The van der Waals surface area contributed by atoms with Crippen LogP contribution in [0.4, 0.5) is 0 Å². The van der Waals surface area contributed by atoms with Crippen molar-refractivity contribution in [2.45, 2.75) is 64.2 Å². The van der Waals surface area contributed by atoms with Crippen LogP contribution in [0.25, 0.3) is 0 Å². The van der Waals surface area contributed by atoms with Gasteiger partial charge in [0, 0.05) is 19.1 Å². The second-order valence-electron chi connectivity index (χ2n) is 7.00. The van der Waals surface area contributed by atoms with Gasteiger partial charge in [0.2, 0.25) is 0 Å². The second kappa shape index (κ2) is 6.43. The quantitative estimate of drug-likeness (QED) is 0.861. The fourth-order valence-corrected chi connectivity index (χ4v) is 3.84. The average Bonchev–Trinajstić information content (AvgIpc) is 2.44. The predicted octanol–water partition coefficient (Wildman–Crippen LogP) is 2.18. The van der Waals surface area contributed by atoms with E-state index in [-0.39, 0.29) is 24.2 Å². The standard InChI is InChI=1S/C16H28N2O2/c1-4-12-5-6-13(8-17)15(7-12)18-9-14(10-19)20-16(2,3)11-18/h12-15,19H,4-7,9-11H2,1-3H3. The van der Waals surface area contributed by atoms with Crippen molar-refractivity contribution in [3.8, 4) is 6.07 Å². The summed E-state index contributed by atoms with van der Waals surface area (Å²) in [6.45, 7) is 8.05. The first-order valence-corrected chi connectivity index (χ1v) is 7.91. The summed E-state index contributed by atoms with van der Waals surface area (Å²) < 4.78 is 5.89. The Morgan fingerprint density at radius 2 is 2.15 bits per heavy atom. The van der Waals surface area contributed by atoms with Crippen LogP contribution in [0.1, 0.15) is 46.5 Å². The van der Waals surface area contributed by atoms with Gasteiger partial charge in [0.25, 0.3) is 0 Å². The zero-order chi connectivity index (χ0) is 14.8. The van der Waals surface area contributed by atoms with Crippen molar-refractivity contribution in [1.82, 2.24) is 4.90 Å². The zero-order valence-electron chi connectivity index (χ0n) is 13.0. The fourth-order valence-electron chi connectivity index (χ4n) is 3.84. The normalized spacial score (nSPS) is 38.4. The molecule has 4 atom stereocenters. The number of hydrogen-bond donors (Lipinski definition) is 1. The van der Waals surface area contributed by atoms with Crippen LogP contribution in [-0.2, 0) is 4.74 Å². The van der Waals surface area contributed by atoms with E-state index in [1.807, 2.05) is 0 Å². The van der Waals surface area contributed by atoms with Gasteiger partial charge in [-0.25, -0.2) is 0 Å². The van der Waals surface area contributed by atoms with Gasteiger partial charge < -0.3 is 9.84 Å². The first-order valence-electron chi connectivity index (χ1n) is 7.91. The molecule has 4 heteroatoms. The molecule has 0 aromatic rings. The monoisotopic (exact) mass is 280 g/mol. The molecule has 2 rings (SSSR count). The van der Waals surface area contributed by atoms with Crippen molar-refractivity contribution in [3.63, 3.8) is 0 Å². The molecule has 1 heterocycles. The molecule has 1 aliphatic carbocycles. The van der Waals surface area contributed by atoms with Crippen LogP contribution in [0, 0.1) is 23.2 Å². The predicted molar refractivity (Wildman–Crippen MR) is 78.1 cm³/mol. The molecule has 0 bridgehead atoms. The highest BCUT2D eigenvalue weighted by atomic mass is 16.5. The van der Waals surface area contributed by atoms with Crippen LogP contribution < -0.4 is 0 Å². The first kappa shape index (κ1) is 15.8. The summed E-state index contributed by atoms with van der Waals surface area (Å²) in [5.74, 6) is 0.870. The van der Waals surface area contributed by atoms with Crippen LogP contribution in [0.15, 0.2) is 0 Å². The van der Waals surface area contributed by atoms with Gasteiger partial charge in [0.1, 0.15) is 0 Å². The Morgan fingerprint density at radius 1 is 1.40 bits per heavy atom. The molecule has 20 heavy (non-hydrogen) atoms. The molecule has 2 fully saturated rings. The summed E-state index contributed by atoms with van der Waals surface area (Å²) >= 11 is 0. The third-order valence-corrected chi connectivity index (χ3v) is 4.85. The van der Waals surface area contributed by atoms with Gasteiger partial charge in [-0.2, -0.15) is 5.26 Å². The number of morpholine rings is 1. The lowest BCUT2D eigenvalue weighted by atomic mass is 9.76. The molecule has 0 aromatic heterocycles. The molecule has 1 aliphatic heterocycles. The van der Waals surface area contributed by atoms with E-state index < -0.39 is 0 Å². The highest BCUT2D eigenvalue weighted by molar-refractivity contribution is 5.00. The van der Waals surface area contributed by atoms with Crippen LogP contribution in [0.5, 0.6) is 0 Å². The minimum absolute atomic E-state index is 0.0566. The van der Waals surface area contributed by atoms with E-state index in [0.29, 0.717) is 6.04 Å². The van der Waals surface area contributed by atoms with Gasteiger partial charge in [0.05, 0.1) is 30.3 Å². The molecule has 2 aliphatic rings. The number of hydrogen-bond acceptors (Lipinski definition) is 4. The van der Waals surface area contributed by atoms with E-state index >= 15 is 0 Å². The smallest absolute Gasteiger partial charge is 0.0940 e. The van der Waals surface area contributed by atoms with Crippen LogP contribution in [0.2, 0.25) is 0 Å². The maximum absolute atomic E-state index is 9.45. The number of ether oxygens (including phenoxy) is 1. The van der Waals surface area contributed by atoms with E-state index in [9.17, 15) is 10.4 Å². The molecular formula is C16H28N2O2. The van der Waals surface area contributed by atoms with E-state index in [1.54, 1.807) is 0 Å². The Hall–Kier alpha value is -0.630. The molecule has 0 aromatic carbocycles. The third kappa shape index (κ3) is 3.52. The Bertz CT molecular complexity index is 364. The molecule has 4 unspecified atom stereocenters. The van der Waals surface area contributed by atoms with Crippen molar-refractivity contribution < 1.29 is 9.84 Å². The molecule has 1 saturated carbocycles. The summed E-state index contributed by atoms with van der Waals surface area (Å²) in [5, 5.41) is 18.9. The minimum Gasteiger partial charge on any atom is -0.394 e. The lowest BCUT2D eigenvalue weighted by molar-refractivity contribution is -0.162. The second-order valence-corrected chi connectivity index (χ2v) is 7.00. The van der Waals surface area contributed by atoms with Crippen molar-refractivity contribution in [1.29, 1.82) is 5.26 Å². The maximum Gasteiger partial charge on any atom is 0.0940 e. The van der Waals surface area contributed by atoms with Crippen molar-refractivity contribution >= 4 is 0 Å². The maximum atomic E-state index is 9.45. The molecule has 1 N–H and O–H groups in total. The first-order chi connectivity index (χ1) is 9.49. The Labute approximate surface area is 122 Å². The average molecular weight is 280 g/mol. The summed E-state index contributed by atoms with van der Waals surface area (Å²) in [6.07, 6.45) is 4.39. The molecule has 0 radical (unpaired) electrons. The number of aliphatic hydroxyl groups excluding tert-OH is 1. The van der Waals surface area contributed by atoms with Crippen molar-refractivity contribution in [3.05, 3.63) is 0 Å². The SMILES string of the molecule is CCC1CCC(C#N)C(N2CC(CO)OC(C)(C)C2)C1. The van der Waals surface area contributed by atoms with Gasteiger partial charge in [-0.05, 0) is 39.0 Å². The van der Waals surface area contributed by atoms with Gasteiger partial charge in [-0.1, -0.05) is 13.3 Å². The summed E-state index contributed by atoms with van der Waals surface area (Å²) in [5.41, 5.74) is -0.245. The van der Waals surface area contributed by atoms with Gasteiger partial charge in [-0.15, -0.1) is 0 Å². The number of nitrogens with zero attached hydrogens (tertiary/aromatic N) is 2. The van der Waals surface area contributed by atoms with E-state index in [1.165, 1.54) is 12.8 Å². The molecule has 1 saturated heterocycles. The molecule has 114 valence electrons. The van der Waals surface area contributed by atoms with E-state index in [2.05, 4.69) is 31.7 Å². The Morgan fingerprint density at radius 3 is 2.75 bits per heavy atom. The lowest BCUT2D eigenvalue weighted by Crippen LogP contribution is -2.59. The molecular weight excluding hydrogens is 252 g/mol. The third-order valence-electron chi connectivity index (χ3n) is 4.85. The van der Waals surface area contributed by atoms with Crippen molar-refractivity contribution in [2.75, 3.05) is 19.7 Å². The number of nitriles is 1. The largest absolute Gasteiger partial charge is 0.394 e. The lowest BCUT2D eigenvalue weighted by Gasteiger charge is -2.48. The van der Waals surface area contributed by atoms with Crippen LogP contribution >= 0.6 is 0 Å². The topological polar surface area (TPSA) is 56.5 Å². The summed E-state index contributed by atoms with van der Waals surface area (Å²) in [6, 6.07) is 2.84. The molecule has 4 nitrogen and oxygen atoms in total. The minimum atomic E-state index is -0.245. The van der Waals surface area contributed by atoms with Crippen LogP contribution in [0.3, 0.4) is 0 Å². The zero-order valence-corrected chi connectivity index (χ0v) is 13.0. The van der Waals surface area contributed by atoms with Crippen molar-refractivity contribution in [2.24, 2.45) is 11.8 Å². The van der Waals surface area contributed by atoms with Gasteiger partial charge in [0.15, 0.2) is 0 Å². The summed E-state index contributed by atoms with van der Waals surface area (Å²) in [4.78, 5) is 2.40. The Balaban J connectivity index is 2.12. The van der Waals surface area contributed by atoms with Crippen LogP contribution in [-0.4, -0.2) is 47.4 Å². The molecule has 0 amide bonds. The molecule has 0 spiro atoms. The number of aliphatic hydroxyl groups is 1. The summed E-state index contributed by atoms with van der Waals surface area (Å²) in [7, 11) is 0. The fraction of sp³-hybridized carbons (Fsp3) is 0.938. The highest BCUT2D eigenvalue weighted by Gasteiger charge is 2.40. The number of rotatable bonds is 3. The van der Waals surface area contributed by atoms with E-state index in [0.717, 1.165) is 31.8 Å². The van der Waals surface area contributed by atoms with Gasteiger partial charge in [-0.3, -0.25) is 4.90 Å².